The number of nitrogens with zero attached hydrogens (tertiary/aromatic N) is 3. The highest BCUT2D eigenvalue weighted by molar-refractivity contribution is 7.99. The number of anilines is 1. The molecule has 0 fully saturated rings. The number of thioether (sulfide) groups is 1. The van der Waals surface area contributed by atoms with Gasteiger partial charge in [0.25, 0.3) is 5.91 Å². The summed E-state index contributed by atoms with van der Waals surface area (Å²) >= 11 is 7.00. The fraction of sp³-hybridized carbons (Fsp3) is 0.360. The summed E-state index contributed by atoms with van der Waals surface area (Å²) in [4.78, 5) is 24.9. The fourth-order valence-corrected chi connectivity index (χ4v) is 4.35. The molecule has 0 bridgehead atoms. The van der Waals surface area contributed by atoms with Crippen LogP contribution < -0.4 is 15.4 Å². The number of carbonyl (C=O) groups excluding carboxylic acids is 2. The first-order chi connectivity index (χ1) is 18.0. The zero-order valence-corrected chi connectivity index (χ0v) is 22.5. The van der Waals surface area contributed by atoms with Gasteiger partial charge in [0.15, 0.2) is 17.1 Å². The zero-order valence-electron chi connectivity index (χ0n) is 20.9. The first-order valence-corrected chi connectivity index (χ1v) is 13.1. The predicted octanol–water partition coefficient (Wildman–Crippen LogP) is 5.35. The molecule has 0 saturated carbocycles. The molecule has 2 amide bonds. The number of rotatable bonds is 11. The highest BCUT2D eigenvalue weighted by Gasteiger charge is 2.31. The van der Waals surface area contributed by atoms with Gasteiger partial charge in [-0.25, -0.2) is 0 Å². The van der Waals surface area contributed by atoms with Gasteiger partial charge in [-0.3, -0.25) is 9.59 Å². The van der Waals surface area contributed by atoms with Gasteiger partial charge in [-0.1, -0.05) is 42.4 Å². The molecule has 0 aliphatic heterocycles. The van der Waals surface area contributed by atoms with Crippen molar-refractivity contribution in [3.05, 3.63) is 64.4 Å². The summed E-state index contributed by atoms with van der Waals surface area (Å²) in [6.45, 7) is 6.11. The summed E-state index contributed by atoms with van der Waals surface area (Å²) in [5, 5.41) is 13.7. The Hall–Kier alpha value is -3.25. The average molecular weight is 570 g/mol. The van der Waals surface area contributed by atoms with Crippen LogP contribution in [0.3, 0.4) is 0 Å². The van der Waals surface area contributed by atoms with Crippen molar-refractivity contribution < 1.29 is 27.5 Å². The highest BCUT2D eigenvalue weighted by Crippen LogP contribution is 2.34. The van der Waals surface area contributed by atoms with Gasteiger partial charge in [-0.05, 0) is 56.2 Å². The van der Waals surface area contributed by atoms with Crippen molar-refractivity contribution in [1.29, 1.82) is 0 Å². The minimum Gasteiger partial charge on any atom is -0.481 e. The van der Waals surface area contributed by atoms with E-state index in [0.29, 0.717) is 23.3 Å². The standard InChI is InChI=1S/C25H27ClF3N5O3S/c1-4-16-6-9-18(10-7-16)37-15(3)23(36)30-13-21-32-33-24(34(21)5-2)38-14-22(35)31-20-12-17(25(27,28)29)8-11-19(20)26/h6-12,15H,4-5,13-14H2,1-3H3,(H,30,36)(H,31,35)/t15-/m1/s1. The Morgan fingerprint density at radius 3 is 2.47 bits per heavy atom. The van der Waals surface area contributed by atoms with Crippen LogP contribution in [0.25, 0.3) is 0 Å². The maximum absolute atomic E-state index is 13.0. The molecule has 1 atom stereocenters. The molecule has 0 saturated heterocycles. The maximum atomic E-state index is 13.0. The Labute approximate surface area is 227 Å². The number of amides is 2. The minimum atomic E-state index is -4.56. The van der Waals surface area contributed by atoms with E-state index in [4.69, 9.17) is 16.3 Å². The van der Waals surface area contributed by atoms with Crippen LogP contribution in [-0.4, -0.2) is 38.4 Å². The van der Waals surface area contributed by atoms with Crippen molar-refractivity contribution in [3.8, 4) is 5.75 Å². The van der Waals surface area contributed by atoms with E-state index < -0.39 is 23.8 Å². The number of carbonyl (C=O) groups is 2. The number of nitrogens with one attached hydrogen (secondary N) is 2. The van der Waals surface area contributed by atoms with Crippen LogP contribution in [0.1, 0.15) is 37.7 Å². The second-order valence-electron chi connectivity index (χ2n) is 8.15. The Balaban J connectivity index is 1.54. The van der Waals surface area contributed by atoms with Gasteiger partial charge in [0.2, 0.25) is 5.91 Å². The molecular formula is C25H27ClF3N5O3S. The van der Waals surface area contributed by atoms with Crippen LogP contribution >= 0.6 is 23.4 Å². The number of benzene rings is 2. The normalized spacial score (nSPS) is 12.2. The van der Waals surface area contributed by atoms with E-state index in [1.54, 1.807) is 11.5 Å². The van der Waals surface area contributed by atoms with Crippen LogP contribution in [0.2, 0.25) is 5.02 Å². The molecule has 2 N–H and O–H groups in total. The van der Waals surface area contributed by atoms with E-state index in [9.17, 15) is 22.8 Å². The van der Waals surface area contributed by atoms with Gasteiger partial charge in [-0.2, -0.15) is 13.2 Å². The van der Waals surface area contributed by atoms with E-state index in [1.807, 2.05) is 31.2 Å². The summed E-state index contributed by atoms with van der Waals surface area (Å²) in [6, 6.07) is 10.2. The van der Waals surface area contributed by atoms with Crippen molar-refractivity contribution in [2.45, 2.75) is 57.7 Å². The largest absolute Gasteiger partial charge is 0.481 e. The van der Waals surface area contributed by atoms with Gasteiger partial charge in [0.05, 0.1) is 28.6 Å². The monoisotopic (exact) mass is 569 g/mol. The summed E-state index contributed by atoms with van der Waals surface area (Å²) in [5.74, 6) is 0.0317. The Bertz CT molecular complexity index is 1270. The van der Waals surface area contributed by atoms with E-state index in [2.05, 4.69) is 27.8 Å². The molecule has 38 heavy (non-hydrogen) atoms. The molecule has 0 unspecified atom stereocenters. The summed E-state index contributed by atoms with van der Waals surface area (Å²) in [5.41, 5.74) is 0.112. The Morgan fingerprint density at radius 1 is 1.13 bits per heavy atom. The van der Waals surface area contributed by atoms with E-state index >= 15 is 0 Å². The van der Waals surface area contributed by atoms with Crippen molar-refractivity contribution in [1.82, 2.24) is 20.1 Å². The van der Waals surface area contributed by atoms with Gasteiger partial charge < -0.3 is 19.9 Å². The second kappa shape index (κ2) is 13.0. The summed E-state index contributed by atoms with van der Waals surface area (Å²) in [7, 11) is 0. The molecule has 2 aromatic carbocycles. The minimum absolute atomic E-state index is 0.0118. The quantitative estimate of drug-likeness (QED) is 0.302. The molecule has 1 aromatic heterocycles. The van der Waals surface area contributed by atoms with E-state index in [0.717, 1.165) is 36.4 Å². The van der Waals surface area contributed by atoms with Crippen molar-refractivity contribution in [2.75, 3.05) is 11.1 Å². The molecule has 8 nitrogen and oxygen atoms in total. The molecule has 0 aliphatic rings. The third-order valence-electron chi connectivity index (χ3n) is 5.44. The SMILES string of the molecule is CCc1ccc(O[C@H](C)C(=O)NCc2nnc(SCC(=O)Nc3cc(C(F)(F)F)ccc3Cl)n2CC)cc1. The van der Waals surface area contributed by atoms with Crippen LogP contribution in [0, 0.1) is 0 Å². The molecule has 0 radical (unpaired) electrons. The van der Waals surface area contributed by atoms with Crippen molar-refractivity contribution in [2.24, 2.45) is 0 Å². The molecule has 3 rings (SSSR count). The number of aryl methyl sites for hydroxylation is 1. The van der Waals surface area contributed by atoms with Crippen LogP contribution in [0.4, 0.5) is 18.9 Å². The zero-order chi connectivity index (χ0) is 27.9. The van der Waals surface area contributed by atoms with E-state index in [1.165, 1.54) is 5.56 Å². The number of ether oxygens (including phenoxy) is 1. The number of hydrogen-bond acceptors (Lipinski definition) is 6. The van der Waals surface area contributed by atoms with Gasteiger partial charge in [-0.15, -0.1) is 10.2 Å². The predicted molar refractivity (Wildman–Crippen MR) is 139 cm³/mol. The molecule has 3 aromatic rings. The van der Waals surface area contributed by atoms with Crippen molar-refractivity contribution >= 4 is 40.9 Å². The molecule has 0 aliphatic carbocycles. The third kappa shape index (κ3) is 7.87. The molecule has 1 heterocycles. The third-order valence-corrected chi connectivity index (χ3v) is 6.74. The lowest BCUT2D eigenvalue weighted by Crippen LogP contribution is -2.36. The topological polar surface area (TPSA) is 98.1 Å². The lowest BCUT2D eigenvalue weighted by molar-refractivity contribution is -0.137. The highest BCUT2D eigenvalue weighted by atomic mass is 35.5. The van der Waals surface area contributed by atoms with Crippen LogP contribution in [-0.2, 0) is 35.3 Å². The first-order valence-electron chi connectivity index (χ1n) is 11.8. The Morgan fingerprint density at radius 2 is 1.84 bits per heavy atom. The summed E-state index contributed by atoms with van der Waals surface area (Å²) in [6.07, 6.45) is -4.39. The lowest BCUT2D eigenvalue weighted by Gasteiger charge is -2.15. The molecule has 13 heteroatoms. The van der Waals surface area contributed by atoms with Gasteiger partial charge in [0.1, 0.15) is 5.75 Å². The lowest BCUT2D eigenvalue weighted by atomic mass is 10.2. The van der Waals surface area contributed by atoms with Crippen LogP contribution in [0.5, 0.6) is 5.75 Å². The summed E-state index contributed by atoms with van der Waals surface area (Å²) < 4.78 is 46.3. The van der Waals surface area contributed by atoms with E-state index in [-0.39, 0.29) is 28.9 Å². The Kier molecular flexibility index (Phi) is 10.0. The average Bonchev–Trinajstić information content (AvgIpc) is 3.28. The first kappa shape index (κ1) is 29.3. The van der Waals surface area contributed by atoms with Gasteiger partial charge in [0, 0.05) is 6.54 Å². The van der Waals surface area contributed by atoms with Crippen LogP contribution in [0.15, 0.2) is 47.6 Å². The molecular weight excluding hydrogens is 543 g/mol. The number of alkyl halides is 3. The number of hydrogen-bond donors (Lipinski definition) is 2. The van der Waals surface area contributed by atoms with Gasteiger partial charge >= 0.3 is 6.18 Å². The number of halogens is 4. The second-order valence-corrected chi connectivity index (χ2v) is 9.50. The molecule has 0 spiro atoms. The number of aromatic nitrogens is 3. The smallest absolute Gasteiger partial charge is 0.416 e. The van der Waals surface area contributed by atoms with Crippen molar-refractivity contribution in [3.63, 3.8) is 0 Å². The maximum Gasteiger partial charge on any atom is 0.416 e. The fourth-order valence-electron chi connectivity index (χ4n) is 3.36. The molecule has 204 valence electrons.